The molecule has 0 saturated heterocycles. The van der Waals surface area contributed by atoms with Gasteiger partial charge >= 0.3 is 0 Å². The second-order valence-corrected chi connectivity index (χ2v) is 9.15. The van der Waals surface area contributed by atoms with Crippen molar-refractivity contribution in [2.45, 2.75) is 20.4 Å². The average Bonchev–Trinajstić information content (AvgIpc) is 3.38. The molecule has 0 spiro atoms. The van der Waals surface area contributed by atoms with Crippen LogP contribution in [-0.4, -0.2) is 30.1 Å². The Labute approximate surface area is 216 Å². The van der Waals surface area contributed by atoms with Gasteiger partial charge in [0.1, 0.15) is 0 Å². The predicted octanol–water partition coefficient (Wildman–Crippen LogP) is 6.46. The number of rotatable bonds is 7. The fourth-order valence-electron chi connectivity index (χ4n) is 4.64. The largest absolute Gasteiger partial charge is 0.493 e. The summed E-state index contributed by atoms with van der Waals surface area (Å²) < 4.78 is 10.7. The van der Waals surface area contributed by atoms with E-state index in [4.69, 9.17) is 14.5 Å². The number of pyridine rings is 1. The summed E-state index contributed by atoms with van der Waals surface area (Å²) in [6.07, 6.45) is 3.75. The van der Waals surface area contributed by atoms with E-state index in [9.17, 15) is 4.79 Å². The lowest BCUT2D eigenvalue weighted by Crippen LogP contribution is -2.24. The van der Waals surface area contributed by atoms with E-state index in [2.05, 4.69) is 48.4 Å². The van der Waals surface area contributed by atoms with E-state index in [1.165, 1.54) is 0 Å². The number of carbonyl (C=O) groups is 1. The number of aromatic nitrogens is 2. The molecule has 0 aliphatic heterocycles. The lowest BCUT2D eigenvalue weighted by atomic mass is 9.97. The standard InChI is InChI=1S/C31H29N3O3/c1-19-11-20(2)13-24(12-19)25-16-26(30(33-18-25)23-6-7-27-22(15-23)9-10-32-27)31(35)34-17-21-5-8-28(36-3)29(14-21)37-4/h5-16,18,32H,17H2,1-4H3,(H,34,35). The number of hydrogen-bond donors (Lipinski definition) is 2. The van der Waals surface area contributed by atoms with Crippen molar-refractivity contribution in [2.24, 2.45) is 0 Å². The van der Waals surface area contributed by atoms with E-state index in [1.54, 1.807) is 14.2 Å². The van der Waals surface area contributed by atoms with Crippen LogP contribution in [-0.2, 0) is 6.54 Å². The Hall–Kier alpha value is -4.58. The third-order valence-corrected chi connectivity index (χ3v) is 6.42. The first-order valence-corrected chi connectivity index (χ1v) is 12.1. The van der Waals surface area contributed by atoms with Crippen LogP contribution in [0.25, 0.3) is 33.3 Å². The second kappa shape index (κ2) is 10.2. The average molecular weight is 492 g/mol. The molecule has 6 heteroatoms. The van der Waals surface area contributed by atoms with Crippen LogP contribution < -0.4 is 14.8 Å². The molecule has 2 heterocycles. The first-order valence-electron chi connectivity index (χ1n) is 12.1. The van der Waals surface area contributed by atoms with Crippen LogP contribution in [0, 0.1) is 13.8 Å². The number of nitrogens with zero attached hydrogens (tertiary/aromatic N) is 1. The van der Waals surface area contributed by atoms with Crippen LogP contribution in [0.15, 0.2) is 79.1 Å². The summed E-state index contributed by atoms with van der Waals surface area (Å²) in [7, 11) is 3.19. The molecule has 37 heavy (non-hydrogen) atoms. The van der Waals surface area contributed by atoms with Crippen molar-refractivity contribution in [1.82, 2.24) is 15.3 Å². The lowest BCUT2D eigenvalue weighted by Gasteiger charge is -2.14. The molecule has 3 aromatic carbocycles. The van der Waals surface area contributed by atoms with Gasteiger partial charge in [-0.25, -0.2) is 0 Å². The summed E-state index contributed by atoms with van der Waals surface area (Å²) in [5.41, 5.74) is 8.24. The van der Waals surface area contributed by atoms with Crippen molar-refractivity contribution >= 4 is 16.8 Å². The molecule has 0 unspecified atom stereocenters. The second-order valence-electron chi connectivity index (χ2n) is 9.15. The smallest absolute Gasteiger partial charge is 0.253 e. The van der Waals surface area contributed by atoms with Gasteiger partial charge in [-0.15, -0.1) is 0 Å². The maximum atomic E-state index is 13.6. The quantitative estimate of drug-likeness (QED) is 0.274. The van der Waals surface area contributed by atoms with Crippen LogP contribution in [0.5, 0.6) is 11.5 Å². The molecule has 2 N–H and O–H groups in total. The number of aryl methyl sites for hydroxylation is 2. The fraction of sp³-hybridized carbons (Fsp3) is 0.161. The van der Waals surface area contributed by atoms with Crippen LogP contribution in [0.4, 0.5) is 0 Å². The van der Waals surface area contributed by atoms with Gasteiger partial charge in [-0.05, 0) is 61.4 Å². The number of methoxy groups -OCH3 is 2. The molecule has 2 aromatic heterocycles. The molecule has 0 aliphatic carbocycles. The summed E-state index contributed by atoms with van der Waals surface area (Å²) in [6, 6.07) is 22.0. The summed E-state index contributed by atoms with van der Waals surface area (Å²) in [5, 5.41) is 4.13. The zero-order valence-electron chi connectivity index (χ0n) is 21.4. The minimum Gasteiger partial charge on any atom is -0.493 e. The third-order valence-electron chi connectivity index (χ3n) is 6.42. The topological polar surface area (TPSA) is 76.2 Å². The molecule has 5 aromatic rings. The van der Waals surface area contributed by atoms with Crippen molar-refractivity contribution in [1.29, 1.82) is 0 Å². The molecule has 0 saturated carbocycles. The van der Waals surface area contributed by atoms with Crippen LogP contribution in [0.3, 0.4) is 0 Å². The molecule has 0 aliphatic rings. The number of benzene rings is 3. The fourth-order valence-corrected chi connectivity index (χ4v) is 4.64. The van der Waals surface area contributed by atoms with Gasteiger partial charge in [0.25, 0.3) is 5.91 Å². The molecule has 0 fully saturated rings. The van der Waals surface area contributed by atoms with Crippen LogP contribution in [0.2, 0.25) is 0 Å². The normalized spacial score (nSPS) is 10.9. The first kappa shape index (κ1) is 24.1. The molecular weight excluding hydrogens is 462 g/mol. The monoisotopic (exact) mass is 491 g/mol. The summed E-state index contributed by atoms with van der Waals surface area (Å²) >= 11 is 0. The van der Waals surface area contributed by atoms with Gasteiger partial charge in [0.15, 0.2) is 11.5 Å². The maximum Gasteiger partial charge on any atom is 0.253 e. The lowest BCUT2D eigenvalue weighted by molar-refractivity contribution is 0.0951. The first-order chi connectivity index (χ1) is 17.9. The molecule has 0 radical (unpaired) electrons. The van der Waals surface area contributed by atoms with Gasteiger partial charge in [0.05, 0.1) is 25.5 Å². The van der Waals surface area contributed by atoms with Crippen molar-refractivity contribution in [3.63, 3.8) is 0 Å². The van der Waals surface area contributed by atoms with Crippen molar-refractivity contribution in [3.05, 3.63) is 101 Å². The number of ether oxygens (including phenoxy) is 2. The van der Waals surface area contributed by atoms with Gasteiger partial charge in [0.2, 0.25) is 0 Å². The van der Waals surface area contributed by atoms with Crippen molar-refractivity contribution in [2.75, 3.05) is 14.2 Å². The van der Waals surface area contributed by atoms with E-state index in [0.29, 0.717) is 29.3 Å². The highest BCUT2D eigenvalue weighted by Gasteiger charge is 2.17. The highest BCUT2D eigenvalue weighted by Crippen LogP contribution is 2.31. The summed E-state index contributed by atoms with van der Waals surface area (Å²) in [4.78, 5) is 21.6. The molecule has 0 atom stereocenters. The van der Waals surface area contributed by atoms with E-state index >= 15 is 0 Å². The SMILES string of the molecule is COc1ccc(CNC(=O)c2cc(-c3cc(C)cc(C)c3)cnc2-c2ccc3[nH]ccc3c2)cc1OC. The summed E-state index contributed by atoms with van der Waals surface area (Å²) in [5.74, 6) is 1.07. The van der Waals surface area contributed by atoms with Gasteiger partial charge in [-0.1, -0.05) is 41.5 Å². The Morgan fingerprint density at radius 3 is 2.38 bits per heavy atom. The van der Waals surface area contributed by atoms with Crippen molar-refractivity contribution in [3.8, 4) is 33.9 Å². The highest BCUT2D eigenvalue weighted by molar-refractivity contribution is 6.01. The molecule has 186 valence electrons. The molecule has 5 rings (SSSR count). The highest BCUT2D eigenvalue weighted by atomic mass is 16.5. The maximum absolute atomic E-state index is 13.6. The van der Waals surface area contributed by atoms with E-state index in [1.807, 2.05) is 54.9 Å². The third kappa shape index (κ3) is 5.05. The number of aromatic amines is 1. The molecular formula is C31H29N3O3. The number of carbonyl (C=O) groups excluding carboxylic acids is 1. The molecule has 1 amide bonds. The van der Waals surface area contributed by atoms with Crippen LogP contribution >= 0.6 is 0 Å². The zero-order chi connectivity index (χ0) is 25.9. The minimum atomic E-state index is -0.197. The van der Waals surface area contributed by atoms with Crippen LogP contribution in [0.1, 0.15) is 27.0 Å². The van der Waals surface area contributed by atoms with E-state index in [-0.39, 0.29) is 5.91 Å². The Balaban J connectivity index is 1.52. The summed E-state index contributed by atoms with van der Waals surface area (Å²) in [6.45, 7) is 4.48. The zero-order valence-corrected chi connectivity index (χ0v) is 21.4. The Morgan fingerprint density at radius 2 is 1.62 bits per heavy atom. The Bertz CT molecular complexity index is 1580. The number of nitrogens with one attached hydrogen (secondary N) is 2. The number of hydrogen-bond acceptors (Lipinski definition) is 4. The number of fused-ring (bicyclic) bond motifs is 1. The van der Waals surface area contributed by atoms with Crippen molar-refractivity contribution < 1.29 is 14.3 Å². The Morgan fingerprint density at radius 1 is 0.838 bits per heavy atom. The van der Waals surface area contributed by atoms with E-state index < -0.39 is 0 Å². The predicted molar refractivity (Wildman–Crippen MR) is 147 cm³/mol. The van der Waals surface area contributed by atoms with Gasteiger partial charge in [0, 0.05) is 41.0 Å². The Kier molecular flexibility index (Phi) is 6.64. The van der Waals surface area contributed by atoms with Gasteiger partial charge < -0.3 is 19.8 Å². The molecule has 0 bridgehead atoms. The number of amides is 1. The van der Waals surface area contributed by atoms with E-state index in [0.717, 1.165) is 44.3 Å². The van der Waals surface area contributed by atoms with Gasteiger partial charge in [-0.3, -0.25) is 9.78 Å². The van der Waals surface area contributed by atoms with Gasteiger partial charge in [-0.2, -0.15) is 0 Å². The minimum absolute atomic E-state index is 0.197. The molecule has 6 nitrogen and oxygen atoms in total. The number of H-pyrrole nitrogens is 1.